The van der Waals surface area contributed by atoms with Crippen molar-refractivity contribution in [1.29, 1.82) is 0 Å². The van der Waals surface area contributed by atoms with Crippen molar-refractivity contribution in [1.82, 2.24) is 9.50 Å². The van der Waals surface area contributed by atoms with Crippen molar-refractivity contribution in [3.63, 3.8) is 0 Å². The van der Waals surface area contributed by atoms with E-state index in [9.17, 15) is 4.79 Å². The van der Waals surface area contributed by atoms with Crippen molar-refractivity contribution in [3.8, 4) is 11.5 Å². The van der Waals surface area contributed by atoms with Crippen LogP contribution in [0.1, 0.15) is 22.5 Å². The normalized spacial score (nSPS) is 11.1. The average Bonchev–Trinajstić information content (AvgIpc) is 3.19. The molecule has 0 aliphatic rings. The standard InChI is InChI=1S/C22H22N4O2/c1-14-5-6-15(2)18(11-14)12-20(27)24-19-9-7-17(8-10-19)22-25(4)26-16(3)23-13-21(26)28-22/h5-11,13H,12H2,1-4H3/p+1. The number of aromatic nitrogens is 3. The fourth-order valence-corrected chi connectivity index (χ4v) is 3.42. The van der Waals surface area contributed by atoms with Gasteiger partial charge in [-0.3, -0.25) is 4.79 Å². The summed E-state index contributed by atoms with van der Waals surface area (Å²) in [7, 11) is 1.93. The molecule has 0 aliphatic carbocycles. The number of imidazole rings is 1. The highest BCUT2D eigenvalue weighted by atomic mass is 16.4. The minimum absolute atomic E-state index is 0.0269. The number of benzene rings is 2. The Kier molecular flexibility index (Phi) is 4.47. The zero-order chi connectivity index (χ0) is 19.8. The molecule has 6 heteroatoms. The largest absolute Gasteiger partial charge is 0.406 e. The van der Waals surface area contributed by atoms with Crippen LogP contribution in [0.25, 0.3) is 17.2 Å². The zero-order valence-corrected chi connectivity index (χ0v) is 16.5. The Hall–Kier alpha value is -3.41. The molecule has 0 fully saturated rings. The van der Waals surface area contributed by atoms with Crippen molar-refractivity contribution in [3.05, 3.63) is 71.2 Å². The van der Waals surface area contributed by atoms with Gasteiger partial charge >= 0.3 is 5.89 Å². The van der Waals surface area contributed by atoms with Gasteiger partial charge in [-0.2, -0.15) is 0 Å². The van der Waals surface area contributed by atoms with E-state index in [0.717, 1.165) is 39.7 Å². The van der Waals surface area contributed by atoms with E-state index < -0.39 is 0 Å². The number of anilines is 1. The van der Waals surface area contributed by atoms with Gasteiger partial charge in [0.15, 0.2) is 12.9 Å². The Balaban J connectivity index is 1.50. The quantitative estimate of drug-likeness (QED) is 0.555. The zero-order valence-electron chi connectivity index (χ0n) is 16.5. The lowest BCUT2D eigenvalue weighted by molar-refractivity contribution is -0.731. The number of rotatable bonds is 4. The molecule has 1 amide bonds. The molecule has 0 radical (unpaired) electrons. The maximum absolute atomic E-state index is 12.4. The predicted molar refractivity (Wildman–Crippen MR) is 107 cm³/mol. The first-order valence-corrected chi connectivity index (χ1v) is 9.22. The van der Waals surface area contributed by atoms with E-state index in [1.807, 2.05) is 61.3 Å². The molecule has 4 aromatic rings. The van der Waals surface area contributed by atoms with Crippen LogP contribution < -0.4 is 10.00 Å². The molecule has 0 aliphatic heterocycles. The fraction of sp³-hybridized carbons (Fsp3) is 0.227. The number of carbonyl (C=O) groups excluding carboxylic acids is 1. The van der Waals surface area contributed by atoms with Crippen LogP contribution in [-0.2, 0) is 18.3 Å². The van der Waals surface area contributed by atoms with Crippen molar-refractivity contribution >= 4 is 17.3 Å². The van der Waals surface area contributed by atoms with Gasteiger partial charge in [0, 0.05) is 5.69 Å². The van der Waals surface area contributed by atoms with Crippen LogP contribution in [0, 0.1) is 20.8 Å². The molecule has 0 unspecified atom stereocenters. The van der Waals surface area contributed by atoms with Gasteiger partial charge in [0.05, 0.1) is 18.2 Å². The highest BCUT2D eigenvalue weighted by Crippen LogP contribution is 2.21. The maximum Gasteiger partial charge on any atom is 0.406 e. The molecular formula is C22H23N4O2+. The average molecular weight is 375 g/mol. The van der Waals surface area contributed by atoms with Crippen LogP contribution in [0.4, 0.5) is 5.69 Å². The van der Waals surface area contributed by atoms with Gasteiger partial charge in [-0.1, -0.05) is 33.0 Å². The van der Waals surface area contributed by atoms with E-state index in [-0.39, 0.29) is 5.91 Å². The number of nitrogens with zero attached hydrogens (tertiary/aromatic N) is 3. The maximum atomic E-state index is 12.4. The minimum Gasteiger partial charge on any atom is -0.378 e. The molecule has 142 valence electrons. The fourth-order valence-electron chi connectivity index (χ4n) is 3.42. The minimum atomic E-state index is -0.0269. The molecule has 0 bridgehead atoms. The highest BCUT2D eigenvalue weighted by Gasteiger charge is 2.22. The van der Waals surface area contributed by atoms with Crippen molar-refractivity contribution in [2.45, 2.75) is 27.2 Å². The van der Waals surface area contributed by atoms with Crippen molar-refractivity contribution in [2.24, 2.45) is 7.05 Å². The lowest BCUT2D eigenvalue weighted by Gasteiger charge is -2.08. The smallest absolute Gasteiger partial charge is 0.378 e. The van der Waals surface area contributed by atoms with Gasteiger partial charge in [-0.15, -0.1) is 0 Å². The van der Waals surface area contributed by atoms with Gasteiger partial charge in [0.2, 0.25) is 5.91 Å². The van der Waals surface area contributed by atoms with E-state index in [0.29, 0.717) is 12.1 Å². The molecule has 2 aromatic heterocycles. The van der Waals surface area contributed by atoms with Gasteiger partial charge in [0.1, 0.15) is 0 Å². The predicted octanol–water partition coefficient (Wildman–Crippen LogP) is 3.53. The topological polar surface area (TPSA) is 63.4 Å². The SMILES string of the molecule is Cc1ccc(C)c(CC(=O)Nc2ccc(-c3oc4cnc(C)n4[n+]3C)cc2)c1. The molecule has 4 rings (SSSR count). The Morgan fingerprint density at radius 1 is 1.14 bits per heavy atom. The Labute approximate surface area is 163 Å². The third kappa shape index (κ3) is 3.29. The van der Waals surface area contributed by atoms with Crippen LogP contribution >= 0.6 is 0 Å². The van der Waals surface area contributed by atoms with Gasteiger partial charge in [-0.25, -0.2) is 4.98 Å². The molecule has 2 heterocycles. The third-order valence-electron chi connectivity index (χ3n) is 4.94. The molecule has 0 saturated carbocycles. The summed E-state index contributed by atoms with van der Waals surface area (Å²) in [5.74, 6) is 1.57. The van der Waals surface area contributed by atoms with E-state index >= 15 is 0 Å². The summed E-state index contributed by atoms with van der Waals surface area (Å²) in [6, 6.07) is 13.8. The van der Waals surface area contributed by atoms with Crippen LogP contribution in [-0.4, -0.2) is 15.4 Å². The van der Waals surface area contributed by atoms with Crippen molar-refractivity contribution in [2.75, 3.05) is 5.32 Å². The van der Waals surface area contributed by atoms with Crippen LogP contribution in [0.3, 0.4) is 0 Å². The Morgan fingerprint density at radius 2 is 1.89 bits per heavy atom. The molecule has 28 heavy (non-hydrogen) atoms. The summed E-state index contributed by atoms with van der Waals surface area (Å²) in [5, 5.41) is 2.97. The number of nitrogens with one attached hydrogen (secondary N) is 1. The summed E-state index contributed by atoms with van der Waals surface area (Å²) in [4.78, 5) is 16.7. The Bertz CT molecular complexity index is 1170. The first kappa shape index (κ1) is 18.0. The van der Waals surface area contributed by atoms with Crippen molar-refractivity contribution < 1.29 is 13.9 Å². The monoisotopic (exact) mass is 375 g/mol. The number of carbonyl (C=O) groups is 1. The van der Waals surface area contributed by atoms with E-state index in [1.54, 1.807) is 6.20 Å². The molecular weight excluding hydrogens is 352 g/mol. The van der Waals surface area contributed by atoms with Gasteiger partial charge in [0.25, 0.3) is 5.71 Å². The lowest BCUT2D eigenvalue weighted by atomic mass is 10.0. The molecule has 2 aromatic carbocycles. The second-order valence-electron chi connectivity index (χ2n) is 7.12. The van der Waals surface area contributed by atoms with E-state index in [4.69, 9.17) is 4.42 Å². The third-order valence-corrected chi connectivity index (χ3v) is 4.94. The van der Waals surface area contributed by atoms with Gasteiger partial charge in [-0.05, 0) is 56.2 Å². The lowest BCUT2D eigenvalue weighted by Crippen LogP contribution is -2.37. The van der Waals surface area contributed by atoms with Crippen LogP contribution in [0.5, 0.6) is 0 Å². The number of fused-ring (bicyclic) bond motifs is 1. The first-order chi connectivity index (χ1) is 13.4. The first-order valence-electron chi connectivity index (χ1n) is 9.22. The second kappa shape index (κ2) is 6.96. The summed E-state index contributed by atoms with van der Waals surface area (Å²) in [6.45, 7) is 5.99. The summed E-state index contributed by atoms with van der Waals surface area (Å²) in [5.41, 5.74) is 5.72. The van der Waals surface area contributed by atoms with Gasteiger partial charge < -0.3 is 9.73 Å². The van der Waals surface area contributed by atoms with Crippen LogP contribution in [0.2, 0.25) is 0 Å². The summed E-state index contributed by atoms with van der Waals surface area (Å²) >= 11 is 0. The molecule has 1 N–H and O–H groups in total. The second-order valence-corrected chi connectivity index (χ2v) is 7.12. The molecule has 0 saturated heterocycles. The summed E-state index contributed by atoms with van der Waals surface area (Å²) in [6.07, 6.45) is 2.07. The number of amides is 1. The molecule has 6 nitrogen and oxygen atoms in total. The number of hydrogen-bond acceptors (Lipinski definition) is 3. The van der Waals surface area contributed by atoms with E-state index in [1.165, 1.54) is 0 Å². The van der Waals surface area contributed by atoms with Crippen LogP contribution in [0.15, 0.2) is 53.1 Å². The highest BCUT2D eigenvalue weighted by molar-refractivity contribution is 5.92. The summed E-state index contributed by atoms with van der Waals surface area (Å²) < 4.78 is 9.74. The number of hydrogen-bond donors (Lipinski definition) is 1. The molecule has 0 spiro atoms. The number of aryl methyl sites for hydroxylation is 4. The molecule has 0 atom stereocenters. The Morgan fingerprint density at radius 3 is 2.61 bits per heavy atom. The van der Waals surface area contributed by atoms with E-state index in [2.05, 4.69) is 28.5 Å².